The minimum absolute atomic E-state index is 0.0157. The van der Waals surface area contributed by atoms with Gasteiger partial charge in [-0.1, -0.05) is 42.1 Å². The molecule has 2 aromatic carbocycles. The molecule has 38 heavy (non-hydrogen) atoms. The molecule has 9 nitrogen and oxygen atoms in total. The van der Waals surface area contributed by atoms with Crippen LogP contribution in [-0.2, 0) is 26.2 Å². The van der Waals surface area contributed by atoms with Gasteiger partial charge in [0.05, 0.1) is 36.2 Å². The second-order valence-corrected chi connectivity index (χ2v) is 12.0. The molecule has 0 aliphatic heterocycles. The average Bonchev–Trinajstić information content (AvgIpc) is 3.39. The number of sulfonamides is 1. The first-order chi connectivity index (χ1) is 17.9. The van der Waals surface area contributed by atoms with Crippen LogP contribution in [0.3, 0.4) is 0 Å². The van der Waals surface area contributed by atoms with Crippen LogP contribution < -0.4 is 19.1 Å². The SMILES string of the molecule is COc1ccc(OC)c(N(CC(=O)N(Cc2ccc(Cl)c(Cl)c2)[C@@H](C)C(=O)NC2CCCC2)S(C)(=O)=O)c1. The second kappa shape index (κ2) is 12.9. The summed E-state index contributed by atoms with van der Waals surface area (Å²) in [6.45, 7) is 1.07. The van der Waals surface area contributed by atoms with Crippen molar-refractivity contribution in [3.63, 3.8) is 0 Å². The van der Waals surface area contributed by atoms with Crippen molar-refractivity contribution < 1.29 is 27.5 Å². The Morgan fingerprint density at radius 2 is 1.74 bits per heavy atom. The highest BCUT2D eigenvalue weighted by atomic mass is 35.5. The van der Waals surface area contributed by atoms with Crippen LogP contribution >= 0.6 is 23.2 Å². The predicted octanol–water partition coefficient (Wildman–Crippen LogP) is 4.25. The zero-order valence-corrected chi connectivity index (χ0v) is 24.2. The van der Waals surface area contributed by atoms with Crippen LogP contribution in [0.5, 0.6) is 11.5 Å². The number of amides is 2. The quantitative estimate of drug-likeness (QED) is 0.422. The molecule has 0 aromatic heterocycles. The van der Waals surface area contributed by atoms with E-state index in [9.17, 15) is 18.0 Å². The van der Waals surface area contributed by atoms with Gasteiger partial charge in [0.2, 0.25) is 21.8 Å². The smallest absolute Gasteiger partial charge is 0.244 e. The molecule has 1 saturated carbocycles. The van der Waals surface area contributed by atoms with Gasteiger partial charge in [0.25, 0.3) is 0 Å². The Hall–Kier alpha value is -2.69. The standard InChI is InChI=1S/C26H33Cl2N3O6S/c1-17(26(33)29-19-7-5-6-8-19)30(15-18-9-11-21(27)22(28)13-18)25(32)16-31(38(4,34)35)23-14-20(36-2)10-12-24(23)37-3/h9-14,17,19H,5-8,15-16H2,1-4H3,(H,29,33)/t17-/m0/s1. The Morgan fingerprint density at radius 1 is 1.05 bits per heavy atom. The first kappa shape index (κ1) is 29.9. The Labute approximate surface area is 234 Å². The zero-order valence-electron chi connectivity index (χ0n) is 21.9. The minimum Gasteiger partial charge on any atom is -0.497 e. The number of halogens is 2. The van der Waals surface area contributed by atoms with Gasteiger partial charge < -0.3 is 19.7 Å². The van der Waals surface area contributed by atoms with Crippen LogP contribution in [0.1, 0.15) is 38.2 Å². The van der Waals surface area contributed by atoms with E-state index in [0.29, 0.717) is 21.4 Å². The fourth-order valence-corrected chi connectivity index (χ4v) is 5.56. The lowest BCUT2D eigenvalue weighted by molar-refractivity contribution is -0.139. The third-order valence-electron chi connectivity index (χ3n) is 6.54. The molecule has 1 aliphatic carbocycles. The number of hydrogen-bond acceptors (Lipinski definition) is 6. The summed E-state index contributed by atoms with van der Waals surface area (Å²) >= 11 is 12.2. The van der Waals surface area contributed by atoms with Crippen molar-refractivity contribution in [2.45, 2.75) is 51.2 Å². The number of ether oxygens (including phenoxy) is 2. The van der Waals surface area contributed by atoms with Gasteiger partial charge in [0, 0.05) is 18.7 Å². The highest BCUT2D eigenvalue weighted by molar-refractivity contribution is 7.92. The van der Waals surface area contributed by atoms with Crippen molar-refractivity contribution in [1.82, 2.24) is 10.2 Å². The van der Waals surface area contributed by atoms with Crippen LogP contribution in [0.4, 0.5) is 5.69 Å². The van der Waals surface area contributed by atoms with Gasteiger partial charge in [-0.3, -0.25) is 13.9 Å². The molecule has 1 N–H and O–H groups in total. The van der Waals surface area contributed by atoms with Crippen molar-refractivity contribution in [3.05, 3.63) is 52.0 Å². The summed E-state index contributed by atoms with van der Waals surface area (Å²) in [5.74, 6) is -0.262. The lowest BCUT2D eigenvalue weighted by Crippen LogP contribution is -2.52. The Bertz CT molecular complexity index is 1270. The van der Waals surface area contributed by atoms with Crippen LogP contribution in [0.15, 0.2) is 36.4 Å². The van der Waals surface area contributed by atoms with E-state index in [1.54, 1.807) is 37.3 Å². The molecule has 2 amide bonds. The van der Waals surface area contributed by atoms with Gasteiger partial charge in [-0.2, -0.15) is 0 Å². The third-order valence-corrected chi connectivity index (χ3v) is 8.41. The maximum atomic E-state index is 13.8. The molecule has 208 valence electrons. The monoisotopic (exact) mass is 585 g/mol. The zero-order chi connectivity index (χ0) is 28.0. The molecule has 0 spiro atoms. The number of benzene rings is 2. The van der Waals surface area contributed by atoms with E-state index >= 15 is 0 Å². The Morgan fingerprint density at radius 3 is 2.32 bits per heavy atom. The fraction of sp³-hybridized carbons (Fsp3) is 0.462. The van der Waals surface area contributed by atoms with E-state index in [0.717, 1.165) is 36.2 Å². The number of carbonyl (C=O) groups excluding carboxylic acids is 2. The van der Waals surface area contributed by atoms with Gasteiger partial charge in [-0.15, -0.1) is 0 Å². The normalized spacial score (nSPS) is 14.6. The molecule has 1 atom stereocenters. The largest absolute Gasteiger partial charge is 0.497 e. The third kappa shape index (κ3) is 7.45. The molecule has 1 fully saturated rings. The van der Waals surface area contributed by atoms with E-state index in [-0.39, 0.29) is 29.9 Å². The number of carbonyl (C=O) groups is 2. The summed E-state index contributed by atoms with van der Waals surface area (Å²) in [4.78, 5) is 28.3. The van der Waals surface area contributed by atoms with Crippen LogP contribution in [0.2, 0.25) is 10.0 Å². The summed E-state index contributed by atoms with van der Waals surface area (Å²) in [5, 5.41) is 3.68. The number of nitrogens with one attached hydrogen (secondary N) is 1. The highest BCUT2D eigenvalue weighted by Crippen LogP contribution is 2.34. The number of hydrogen-bond donors (Lipinski definition) is 1. The van der Waals surface area contributed by atoms with Crippen LogP contribution in [-0.4, -0.2) is 64.2 Å². The highest BCUT2D eigenvalue weighted by Gasteiger charge is 2.32. The maximum absolute atomic E-state index is 13.8. The predicted molar refractivity (Wildman–Crippen MR) is 149 cm³/mol. The van der Waals surface area contributed by atoms with E-state index in [1.165, 1.54) is 25.2 Å². The summed E-state index contributed by atoms with van der Waals surface area (Å²) < 4.78 is 37.3. The molecule has 0 saturated heterocycles. The maximum Gasteiger partial charge on any atom is 0.244 e. The van der Waals surface area contributed by atoms with Crippen molar-refractivity contribution in [2.75, 3.05) is 31.3 Å². The molecule has 0 radical (unpaired) electrons. The topological polar surface area (TPSA) is 105 Å². The first-order valence-electron chi connectivity index (χ1n) is 12.2. The van der Waals surface area contributed by atoms with Crippen LogP contribution in [0.25, 0.3) is 0 Å². The summed E-state index contributed by atoms with van der Waals surface area (Å²) in [6, 6.07) is 8.76. The lowest BCUT2D eigenvalue weighted by Gasteiger charge is -2.32. The average molecular weight is 587 g/mol. The summed E-state index contributed by atoms with van der Waals surface area (Å²) in [7, 11) is -1.09. The first-order valence-corrected chi connectivity index (χ1v) is 14.8. The van der Waals surface area contributed by atoms with Gasteiger partial charge in [-0.25, -0.2) is 8.42 Å². The molecule has 2 aromatic rings. The molecular formula is C26H33Cl2N3O6S. The molecule has 0 bridgehead atoms. The molecule has 0 heterocycles. The van der Waals surface area contributed by atoms with Crippen molar-refractivity contribution in [2.24, 2.45) is 0 Å². The van der Waals surface area contributed by atoms with Gasteiger partial charge in [0.15, 0.2) is 0 Å². The van der Waals surface area contributed by atoms with E-state index in [2.05, 4.69) is 5.32 Å². The molecule has 12 heteroatoms. The van der Waals surface area contributed by atoms with Gasteiger partial charge in [0.1, 0.15) is 24.1 Å². The number of methoxy groups -OCH3 is 2. The summed E-state index contributed by atoms with van der Waals surface area (Å²) in [5.41, 5.74) is 0.776. The Balaban J connectivity index is 1.96. The number of anilines is 1. The van der Waals surface area contributed by atoms with Gasteiger partial charge >= 0.3 is 0 Å². The molecule has 1 aliphatic rings. The van der Waals surface area contributed by atoms with Crippen molar-refractivity contribution >= 4 is 50.7 Å². The van der Waals surface area contributed by atoms with E-state index in [1.807, 2.05) is 0 Å². The molecule has 3 rings (SSSR count). The molecular weight excluding hydrogens is 553 g/mol. The fourth-order valence-electron chi connectivity index (χ4n) is 4.40. The second-order valence-electron chi connectivity index (χ2n) is 9.24. The van der Waals surface area contributed by atoms with Gasteiger partial charge in [-0.05, 0) is 49.6 Å². The number of rotatable bonds is 11. The molecule has 0 unspecified atom stereocenters. The number of nitrogens with zero attached hydrogens (tertiary/aromatic N) is 2. The van der Waals surface area contributed by atoms with Crippen molar-refractivity contribution in [1.29, 1.82) is 0 Å². The Kier molecular flexibility index (Phi) is 10.1. The minimum atomic E-state index is -3.94. The van der Waals surface area contributed by atoms with E-state index in [4.69, 9.17) is 32.7 Å². The van der Waals surface area contributed by atoms with Crippen LogP contribution in [0, 0.1) is 0 Å². The summed E-state index contributed by atoms with van der Waals surface area (Å²) in [6.07, 6.45) is 4.85. The van der Waals surface area contributed by atoms with E-state index < -0.39 is 28.5 Å². The van der Waals surface area contributed by atoms with Crippen molar-refractivity contribution in [3.8, 4) is 11.5 Å². The lowest BCUT2D eigenvalue weighted by atomic mass is 10.1.